The van der Waals surface area contributed by atoms with Gasteiger partial charge in [-0.15, -0.1) is 0 Å². The van der Waals surface area contributed by atoms with Crippen molar-refractivity contribution in [2.45, 2.75) is 0 Å². The van der Waals surface area contributed by atoms with Crippen LogP contribution in [0.15, 0.2) is 96.0 Å². The molecule has 0 bridgehead atoms. The summed E-state index contributed by atoms with van der Waals surface area (Å²) in [6.07, 6.45) is 0. The third-order valence-electron chi connectivity index (χ3n) is 3.92. The monoisotopic (exact) mass is 391 g/mol. The van der Waals surface area contributed by atoms with E-state index in [0.29, 0.717) is 0 Å². The van der Waals surface area contributed by atoms with Crippen molar-refractivity contribution in [3.8, 4) is 21.3 Å². The van der Waals surface area contributed by atoms with Crippen LogP contribution in [0.5, 0.6) is 0 Å². The molecule has 122 valence electrons. The maximum absolute atomic E-state index is 6.49. The average Bonchev–Trinajstić information content (AvgIpc) is 3.00. The molecule has 4 rings (SSSR count). The number of rotatable bonds is 3. The molecule has 1 heterocycles. The number of aromatic nitrogens is 1. The Hall–Kier alpha value is -2.81. The van der Waals surface area contributed by atoms with Crippen LogP contribution in [0.4, 0.5) is 5.69 Å². The molecule has 0 aliphatic carbocycles. The van der Waals surface area contributed by atoms with Crippen LogP contribution in [0, 0.1) is 0 Å². The molecule has 4 heteroatoms. The molecule has 2 N–H and O–H groups in total. The average molecular weight is 390 g/mol. The van der Waals surface area contributed by atoms with Crippen molar-refractivity contribution < 1.29 is 0 Å². The van der Waals surface area contributed by atoms with Gasteiger partial charge >= 0.3 is 152 Å². The normalized spacial score (nSPS) is 11.6. The SMILES string of the molecule is Nn1c(-c2ccccc2)c(-c2ccccc2)[se]c1=Nc1ccccc1. The van der Waals surface area contributed by atoms with Gasteiger partial charge in [-0.1, -0.05) is 0 Å². The van der Waals surface area contributed by atoms with Gasteiger partial charge < -0.3 is 0 Å². The van der Waals surface area contributed by atoms with E-state index in [4.69, 9.17) is 10.8 Å². The van der Waals surface area contributed by atoms with Gasteiger partial charge in [-0.2, -0.15) is 0 Å². The van der Waals surface area contributed by atoms with Crippen LogP contribution in [-0.2, 0) is 0 Å². The predicted molar refractivity (Wildman–Crippen MR) is 104 cm³/mol. The molecule has 3 nitrogen and oxygen atoms in total. The zero-order valence-corrected chi connectivity index (χ0v) is 15.3. The molecule has 25 heavy (non-hydrogen) atoms. The summed E-state index contributed by atoms with van der Waals surface area (Å²) in [7, 11) is 0. The van der Waals surface area contributed by atoms with Crippen LogP contribution in [0.3, 0.4) is 0 Å². The van der Waals surface area contributed by atoms with Crippen molar-refractivity contribution in [2.24, 2.45) is 4.99 Å². The molecule has 0 saturated carbocycles. The van der Waals surface area contributed by atoms with Crippen molar-refractivity contribution in [1.82, 2.24) is 4.68 Å². The quantitative estimate of drug-likeness (QED) is 0.419. The van der Waals surface area contributed by atoms with Gasteiger partial charge in [-0.3, -0.25) is 0 Å². The first kappa shape index (κ1) is 15.7. The van der Waals surface area contributed by atoms with Gasteiger partial charge in [-0.25, -0.2) is 0 Å². The van der Waals surface area contributed by atoms with Crippen molar-refractivity contribution in [1.29, 1.82) is 0 Å². The van der Waals surface area contributed by atoms with E-state index in [-0.39, 0.29) is 14.5 Å². The predicted octanol–water partition coefficient (Wildman–Crippen LogP) is 3.83. The van der Waals surface area contributed by atoms with Gasteiger partial charge in [0.2, 0.25) is 0 Å². The fourth-order valence-electron chi connectivity index (χ4n) is 2.73. The van der Waals surface area contributed by atoms with Gasteiger partial charge in [-0.05, 0) is 0 Å². The molecule has 0 saturated heterocycles. The molecule has 0 aliphatic heterocycles. The Balaban J connectivity index is 1.97. The molecule has 0 fully saturated rings. The van der Waals surface area contributed by atoms with Gasteiger partial charge in [0.05, 0.1) is 0 Å². The molecule has 3 aromatic carbocycles. The number of nitrogens with zero attached hydrogens (tertiary/aromatic N) is 2. The third kappa shape index (κ3) is 3.22. The second-order valence-corrected chi connectivity index (χ2v) is 7.66. The summed E-state index contributed by atoms with van der Waals surface area (Å²) < 4.78 is 3.93. The Morgan fingerprint density at radius 2 is 1.20 bits per heavy atom. The number of nitrogen functional groups attached to an aromatic ring is 1. The first-order chi connectivity index (χ1) is 12.3. The number of hydrogen-bond acceptors (Lipinski definition) is 2. The molecular formula is C21H17N3Se. The van der Waals surface area contributed by atoms with Crippen LogP contribution < -0.4 is 10.2 Å². The summed E-state index contributed by atoms with van der Waals surface area (Å²) in [5, 5.41) is 0. The molecule has 1 aromatic heterocycles. The minimum atomic E-state index is 0.0388. The summed E-state index contributed by atoms with van der Waals surface area (Å²) in [6, 6.07) is 30.7. The van der Waals surface area contributed by atoms with E-state index in [1.54, 1.807) is 4.68 Å². The molecule has 0 spiro atoms. The molecule has 4 aromatic rings. The topological polar surface area (TPSA) is 43.3 Å². The second kappa shape index (κ2) is 6.98. The zero-order chi connectivity index (χ0) is 17.1. The van der Waals surface area contributed by atoms with Gasteiger partial charge in [0.15, 0.2) is 0 Å². The molecular weight excluding hydrogens is 373 g/mol. The van der Waals surface area contributed by atoms with Gasteiger partial charge in [0.1, 0.15) is 0 Å². The summed E-state index contributed by atoms with van der Waals surface area (Å²) >= 11 is 0.0388. The number of hydrogen-bond donors (Lipinski definition) is 1. The number of para-hydroxylation sites is 1. The molecule has 0 unspecified atom stereocenters. The summed E-state index contributed by atoms with van der Waals surface area (Å²) in [5.41, 5.74) is 4.29. The third-order valence-corrected chi connectivity index (χ3v) is 6.24. The van der Waals surface area contributed by atoms with E-state index < -0.39 is 0 Å². The van der Waals surface area contributed by atoms with Crippen LogP contribution >= 0.6 is 0 Å². The molecule has 0 atom stereocenters. The molecule has 0 radical (unpaired) electrons. The van der Waals surface area contributed by atoms with Crippen LogP contribution in [0.1, 0.15) is 0 Å². The molecule has 0 amide bonds. The van der Waals surface area contributed by atoms with Crippen molar-refractivity contribution in [3.05, 3.63) is 95.4 Å². The van der Waals surface area contributed by atoms with Crippen LogP contribution in [0.25, 0.3) is 21.3 Å². The first-order valence-corrected chi connectivity index (χ1v) is 9.76. The minimum absolute atomic E-state index is 0.0388. The van der Waals surface area contributed by atoms with Crippen molar-refractivity contribution in [2.75, 3.05) is 5.84 Å². The standard InChI is InChI=1S/C21H17N3Se/c22-24-19(16-10-4-1-5-11-16)20(17-12-6-2-7-13-17)25-21(24)23-18-14-8-3-9-15-18/h1-15H,22H2. The summed E-state index contributed by atoms with van der Waals surface area (Å²) in [5.74, 6) is 6.49. The van der Waals surface area contributed by atoms with Crippen molar-refractivity contribution >= 4 is 20.2 Å². The Bertz CT molecular complexity index is 1030. The maximum atomic E-state index is 6.49. The van der Waals surface area contributed by atoms with E-state index in [1.807, 2.05) is 54.6 Å². The van der Waals surface area contributed by atoms with E-state index >= 15 is 0 Å². The summed E-state index contributed by atoms with van der Waals surface area (Å²) in [6.45, 7) is 0. The Labute approximate surface area is 152 Å². The van der Waals surface area contributed by atoms with E-state index in [1.165, 1.54) is 10.0 Å². The second-order valence-electron chi connectivity index (χ2n) is 5.61. The first-order valence-electron chi connectivity index (χ1n) is 8.04. The van der Waals surface area contributed by atoms with Gasteiger partial charge in [0, 0.05) is 0 Å². The van der Waals surface area contributed by atoms with Crippen molar-refractivity contribution in [3.63, 3.8) is 0 Å². The number of benzene rings is 3. The van der Waals surface area contributed by atoms with E-state index in [9.17, 15) is 0 Å². The van der Waals surface area contributed by atoms with Gasteiger partial charge in [0.25, 0.3) is 0 Å². The zero-order valence-electron chi connectivity index (χ0n) is 13.5. The van der Waals surface area contributed by atoms with E-state index in [2.05, 4.69) is 36.4 Å². The Morgan fingerprint density at radius 1 is 0.680 bits per heavy atom. The molecule has 0 aliphatic rings. The fourth-order valence-corrected chi connectivity index (χ4v) is 5.02. The summed E-state index contributed by atoms with van der Waals surface area (Å²) in [4.78, 5) is 4.79. The Kier molecular flexibility index (Phi) is 4.38. The number of nitrogens with two attached hydrogens (primary N) is 1. The van der Waals surface area contributed by atoms with E-state index in [0.717, 1.165) is 21.3 Å². The fraction of sp³-hybridized carbons (Fsp3) is 0. The van der Waals surface area contributed by atoms with Crippen LogP contribution in [-0.4, -0.2) is 19.2 Å². The van der Waals surface area contributed by atoms with Crippen LogP contribution in [0.2, 0.25) is 0 Å². The Morgan fingerprint density at radius 3 is 1.80 bits per heavy atom.